The third kappa shape index (κ3) is 1.93. The van der Waals surface area contributed by atoms with E-state index in [0.29, 0.717) is 5.56 Å². The Hall–Kier alpha value is -2.36. The number of carboxylic acids is 1. The first-order valence-electron chi connectivity index (χ1n) is 5.52. The Balaban J connectivity index is 2.55. The lowest BCUT2D eigenvalue weighted by molar-refractivity contribution is 0.0696. The minimum absolute atomic E-state index is 0.233. The molecule has 4 nitrogen and oxygen atoms in total. The van der Waals surface area contributed by atoms with Gasteiger partial charge in [0, 0.05) is 22.5 Å². The number of hydrogen-bond donors (Lipinski definition) is 2. The molecule has 0 radical (unpaired) electrons. The maximum absolute atomic E-state index is 11.1. The van der Waals surface area contributed by atoms with Gasteiger partial charge in [-0.2, -0.15) is 0 Å². The zero-order chi connectivity index (χ0) is 13.3. The summed E-state index contributed by atoms with van der Waals surface area (Å²) in [5.74, 6) is -0.959. The maximum atomic E-state index is 11.1. The van der Waals surface area contributed by atoms with Gasteiger partial charge in [0.05, 0.1) is 5.56 Å². The highest BCUT2D eigenvalue weighted by molar-refractivity contribution is 5.92. The van der Waals surface area contributed by atoms with Gasteiger partial charge in [-0.3, -0.25) is 4.79 Å². The molecule has 1 aromatic heterocycles. The van der Waals surface area contributed by atoms with Crippen LogP contribution in [0.3, 0.4) is 0 Å². The molecule has 92 valence electrons. The summed E-state index contributed by atoms with van der Waals surface area (Å²) in [7, 11) is 0. The molecule has 0 saturated carbocycles. The van der Waals surface area contributed by atoms with E-state index in [4.69, 9.17) is 5.11 Å². The number of carbonyl (C=O) groups excluding carboxylic acids is 1. The molecule has 0 spiro atoms. The fraction of sp³-hybridized carbons (Fsp3) is 0.143. The Morgan fingerprint density at radius 1 is 1.17 bits per heavy atom. The van der Waals surface area contributed by atoms with Crippen LogP contribution in [0.25, 0.3) is 11.1 Å². The van der Waals surface area contributed by atoms with Gasteiger partial charge in [0.15, 0.2) is 6.29 Å². The summed E-state index contributed by atoms with van der Waals surface area (Å²) >= 11 is 0. The normalized spacial score (nSPS) is 10.3. The number of carbonyl (C=O) groups is 2. The van der Waals surface area contributed by atoms with Crippen LogP contribution >= 0.6 is 0 Å². The molecular weight excluding hydrogens is 230 g/mol. The van der Waals surface area contributed by atoms with E-state index in [-0.39, 0.29) is 5.56 Å². The van der Waals surface area contributed by atoms with E-state index in [2.05, 4.69) is 4.98 Å². The fourth-order valence-electron chi connectivity index (χ4n) is 2.10. The van der Waals surface area contributed by atoms with Crippen molar-refractivity contribution in [3.8, 4) is 11.1 Å². The minimum Gasteiger partial charge on any atom is -0.478 e. The molecule has 0 saturated heterocycles. The van der Waals surface area contributed by atoms with Crippen molar-refractivity contribution >= 4 is 12.3 Å². The van der Waals surface area contributed by atoms with Gasteiger partial charge < -0.3 is 10.1 Å². The summed E-state index contributed by atoms with van der Waals surface area (Å²) in [5, 5.41) is 8.84. The van der Waals surface area contributed by atoms with Crippen LogP contribution in [0.15, 0.2) is 24.3 Å². The van der Waals surface area contributed by atoms with Crippen LogP contribution in [0, 0.1) is 13.8 Å². The highest BCUT2D eigenvalue weighted by atomic mass is 16.4. The highest BCUT2D eigenvalue weighted by Gasteiger charge is 2.14. The van der Waals surface area contributed by atoms with Gasteiger partial charge in [0.2, 0.25) is 0 Å². The summed E-state index contributed by atoms with van der Waals surface area (Å²) in [6.07, 6.45) is 0.819. The van der Waals surface area contributed by atoms with Gasteiger partial charge in [-0.15, -0.1) is 0 Å². The first-order valence-corrected chi connectivity index (χ1v) is 5.52. The van der Waals surface area contributed by atoms with Crippen LogP contribution in [0.1, 0.15) is 32.1 Å². The Morgan fingerprint density at radius 2 is 1.78 bits per heavy atom. The van der Waals surface area contributed by atoms with Crippen molar-refractivity contribution in [2.45, 2.75) is 13.8 Å². The molecule has 1 aromatic carbocycles. The standard InChI is InChI=1S/C14H13NO3/c1-8-12(7-16)13(9(2)15-8)10-3-5-11(6-4-10)14(17)18/h3-7,15H,1-2H3,(H,17,18). The fourth-order valence-corrected chi connectivity index (χ4v) is 2.10. The number of aromatic amines is 1. The topological polar surface area (TPSA) is 70.2 Å². The number of aryl methyl sites for hydroxylation is 2. The Labute approximate surface area is 104 Å². The molecule has 0 unspecified atom stereocenters. The van der Waals surface area contributed by atoms with Crippen LogP contribution in [0.4, 0.5) is 0 Å². The average Bonchev–Trinajstić information content (AvgIpc) is 2.63. The Kier molecular flexibility index (Phi) is 3.02. The van der Waals surface area contributed by atoms with Crippen LogP contribution < -0.4 is 0 Å². The molecule has 2 rings (SSSR count). The minimum atomic E-state index is -0.959. The van der Waals surface area contributed by atoms with Gasteiger partial charge in [0.25, 0.3) is 0 Å². The molecule has 2 aromatic rings. The third-order valence-electron chi connectivity index (χ3n) is 2.96. The summed E-state index contributed by atoms with van der Waals surface area (Å²) < 4.78 is 0. The molecule has 0 aliphatic rings. The van der Waals surface area contributed by atoms with E-state index in [1.54, 1.807) is 12.1 Å². The molecule has 4 heteroatoms. The van der Waals surface area contributed by atoms with E-state index < -0.39 is 5.97 Å². The highest BCUT2D eigenvalue weighted by Crippen LogP contribution is 2.28. The quantitative estimate of drug-likeness (QED) is 0.814. The molecule has 18 heavy (non-hydrogen) atoms. The molecule has 0 bridgehead atoms. The van der Waals surface area contributed by atoms with Gasteiger partial charge >= 0.3 is 5.97 Å². The summed E-state index contributed by atoms with van der Waals surface area (Å²) in [4.78, 5) is 25.0. The number of aromatic carboxylic acids is 1. The second kappa shape index (κ2) is 4.49. The van der Waals surface area contributed by atoms with E-state index >= 15 is 0 Å². The van der Waals surface area contributed by atoms with E-state index in [0.717, 1.165) is 28.8 Å². The lowest BCUT2D eigenvalue weighted by Gasteiger charge is -2.03. The number of hydrogen-bond acceptors (Lipinski definition) is 2. The van der Waals surface area contributed by atoms with Crippen molar-refractivity contribution in [1.82, 2.24) is 4.98 Å². The molecule has 0 atom stereocenters. The van der Waals surface area contributed by atoms with Crippen LogP contribution in [0.2, 0.25) is 0 Å². The molecular formula is C14H13NO3. The van der Waals surface area contributed by atoms with Gasteiger partial charge in [0.1, 0.15) is 0 Å². The SMILES string of the molecule is Cc1[nH]c(C)c(-c2ccc(C(=O)O)cc2)c1C=O. The summed E-state index contributed by atoms with van der Waals surface area (Å²) in [5.41, 5.74) is 4.24. The number of nitrogens with one attached hydrogen (secondary N) is 1. The van der Waals surface area contributed by atoms with Crippen molar-refractivity contribution in [1.29, 1.82) is 0 Å². The van der Waals surface area contributed by atoms with Gasteiger partial charge in [-0.1, -0.05) is 12.1 Å². The van der Waals surface area contributed by atoms with Crippen LogP contribution in [0.5, 0.6) is 0 Å². The lowest BCUT2D eigenvalue weighted by Crippen LogP contribution is -1.95. The first kappa shape index (κ1) is 12.1. The number of aldehydes is 1. The van der Waals surface area contributed by atoms with Crippen molar-refractivity contribution in [3.05, 3.63) is 46.8 Å². The molecule has 2 N–H and O–H groups in total. The zero-order valence-corrected chi connectivity index (χ0v) is 10.2. The largest absolute Gasteiger partial charge is 0.478 e. The van der Waals surface area contributed by atoms with Crippen LogP contribution in [-0.2, 0) is 0 Å². The molecule has 0 aliphatic carbocycles. The zero-order valence-electron chi connectivity index (χ0n) is 10.2. The van der Waals surface area contributed by atoms with Gasteiger partial charge in [-0.05, 0) is 31.5 Å². The molecule has 0 fully saturated rings. The predicted molar refractivity (Wildman–Crippen MR) is 68.0 cm³/mol. The summed E-state index contributed by atoms with van der Waals surface area (Å²) in [6, 6.07) is 6.50. The number of H-pyrrole nitrogens is 1. The first-order chi connectivity index (χ1) is 8.54. The van der Waals surface area contributed by atoms with Crippen LogP contribution in [-0.4, -0.2) is 22.3 Å². The monoisotopic (exact) mass is 243 g/mol. The average molecular weight is 243 g/mol. The van der Waals surface area contributed by atoms with E-state index in [1.807, 2.05) is 13.8 Å². The van der Waals surface area contributed by atoms with Crippen molar-refractivity contribution in [3.63, 3.8) is 0 Å². The molecule has 0 aliphatic heterocycles. The lowest BCUT2D eigenvalue weighted by atomic mass is 10.00. The number of rotatable bonds is 3. The maximum Gasteiger partial charge on any atom is 0.335 e. The number of benzene rings is 1. The Bertz CT molecular complexity index is 609. The van der Waals surface area contributed by atoms with Crippen molar-refractivity contribution in [2.75, 3.05) is 0 Å². The third-order valence-corrected chi connectivity index (χ3v) is 2.96. The van der Waals surface area contributed by atoms with E-state index in [9.17, 15) is 9.59 Å². The molecule has 1 heterocycles. The second-order valence-electron chi connectivity index (χ2n) is 4.16. The predicted octanol–water partition coefficient (Wildman–Crippen LogP) is 2.81. The molecule has 0 amide bonds. The van der Waals surface area contributed by atoms with Crippen molar-refractivity contribution < 1.29 is 14.7 Å². The number of carboxylic acid groups (broad SMARTS) is 1. The smallest absolute Gasteiger partial charge is 0.335 e. The number of aromatic nitrogens is 1. The Morgan fingerprint density at radius 3 is 2.28 bits per heavy atom. The van der Waals surface area contributed by atoms with Gasteiger partial charge in [-0.25, -0.2) is 4.79 Å². The summed E-state index contributed by atoms with van der Waals surface area (Å²) in [6.45, 7) is 3.73. The van der Waals surface area contributed by atoms with E-state index in [1.165, 1.54) is 12.1 Å². The second-order valence-corrected chi connectivity index (χ2v) is 4.16. The van der Waals surface area contributed by atoms with Crippen molar-refractivity contribution in [2.24, 2.45) is 0 Å².